The maximum absolute atomic E-state index is 10.4. The van der Waals surface area contributed by atoms with Gasteiger partial charge in [-0.1, -0.05) is 0 Å². The Bertz CT molecular complexity index is 155. The van der Waals surface area contributed by atoms with Crippen LogP contribution in [0.1, 0.15) is 19.3 Å². The minimum Gasteiger partial charge on any atom is -0.350 e. The molecular formula is C5H9N3O2. The summed E-state index contributed by atoms with van der Waals surface area (Å²) in [7, 11) is 0. The summed E-state index contributed by atoms with van der Waals surface area (Å²) in [6.45, 7) is 0. The van der Waals surface area contributed by atoms with Gasteiger partial charge in [-0.25, -0.2) is 4.79 Å². The highest BCUT2D eigenvalue weighted by Crippen LogP contribution is 2.24. The van der Waals surface area contributed by atoms with E-state index in [1.54, 1.807) is 0 Å². The number of nitroso groups, excluding NO2 is 1. The van der Waals surface area contributed by atoms with Crippen LogP contribution in [0.25, 0.3) is 0 Å². The second-order valence-corrected chi connectivity index (χ2v) is 2.35. The highest BCUT2D eigenvalue weighted by Gasteiger charge is 2.28. The topological polar surface area (TPSA) is 75.8 Å². The Morgan fingerprint density at radius 1 is 1.60 bits per heavy atom. The number of nitrogens with zero attached hydrogens (tertiary/aromatic N) is 2. The lowest BCUT2D eigenvalue weighted by Crippen LogP contribution is -2.43. The average Bonchev–Trinajstić information content (AvgIpc) is 1.76. The third-order valence-corrected chi connectivity index (χ3v) is 1.73. The van der Waals surface area contributed by atoms with E-state index < -0.39 is 6.03 Å². The van der Waals surface area contributed by atoms with Crippen molar-refractivity contribution in [3.8, 4) is 0 Å². The molecule has 0 aliphatic heterocycles. The summed E-state index contributed by atoms with van der Waals surface area (Å²) in [4.78, 5) is 20.4. The number of hydrogen-bond donors (Lipinski definition) is 1. The Morgan fingerprint density at radius 2 is 2.20 bits per heavy atom. The Morgan fingerprint density at radius 3 is 2.30 bits per heavy atom. The van der Waals surface area contributed by atoms with E-state index in [0.29, 0.717) is 0 Å². The van der Waals surface area contributed by atoms with Gasteiger partial charge >= 0.3 is 6.03 Å². The van der Waals surface area contributed by atoms with Crippen molar-refractivity contribution >= 4 is 6.03 Å². The van der Waals surface area contributed by atoms with Crippen LogP contribution in [0.4, 0.5) is 4.79 Å². The molecule has 56 valence electrons. The second-order valence-electron chi connectivity index (χ2n) is 2.35. The summed E-state index contributed by atoms with van der Waals surface area (Å²) in [5.74, 6) is 0. The second kappa shape index (κ2) is 2.64. The molecule has 1 aliphatic carbocycles. The molecule has 0 aromatic carbocycles. The van der Waals surface area contributed by atoms with Crippen molar-refractivity contribution in [1.29, 1.82) is 0 Å². The predicted molar refractivity (Wildman–Crippen MR) is 34.9 cm³/mol. The summed E-state index contributed by atoms with van der Waals surface area (Å²) >= 11 is 0. The molecule has 5 heteroatoms. The van der Waals surface area contributed by atoms with Crippen molar-refractivity contribution in [2.75, 3.05) is 0 Å². The summed E-state index contributed by atoms with van der Waals surface area (Å²) in [5, 5.41) is 3.33. The fourth-order valence-electron chi connectivity index (χ4n) is 0.918. The maximum atomic E-state index is 10.4. The first-order valence-corrected chi connectivity index (χ1v) is 3.17. The molecular weight excluding hydrogens is 134 g/mol. The number of primary amides is 1. The number of hydrogen-bond acceptors (Lipinski definition) is 3. The molecule has 0 bridgehead atoms. The Balaban J connectivity index is 2.46. The first-order valence-electron chi connectivity index (χ1n) is 3.17. The van der Waals surface area contributed by atoms with E-state index >= 15 is 0 Å². The molecule has 0 aromatic heterocycles. The predicted octanol–water partition coefficient (Wildman–Crippen LogP) is 0.601. The lowest BCUT2D eigenvalue weighted by molar-refractivity contribution is 0.147. The zero-order valence-electron chi connectivity index (χ0n) is 5.49. The van der Waals surface area contributed by atoms with Crippen LogP contribution in [0, 0.1) is 4.91 Å². The number of carbonyl (C=O) groups is 1. The van der Waals surface area contributed by atoms with Gasteiger partial charge < -0.3 is 5.73 Å². The van der Waals surface area contributed by atoms with Gasteiger partial charge in [0.2, 0.25) is 0 Å². The number of nitrogens with two attached hydrogens (primary N) is 1. The van der Waals surface area contributed by atoms with Crippen molar-refractivity contribution in [1.82, 2.24) is 5.01 Å². The van der Waals surface area contributed by atoms with Crippen LogP contribution in [0.15, 0.2) is 5.29 Å². The number of amides is 2. The van der Waals surface area contributed by atoms with Crippen LogP contribution in [0.5, 0.6) is 0 Å². The molecule has 2 amide bonds. The number of rotatable bonds is 2. The van der Waals surface area contributed by atoms with E-state index in [0.717, 1.165) is 24.3 Å². The van der Waals surface area contributed by atoms with Crippen LogP contribution in [0.3, 0.4) is 0 Å². The molecule has 5 nitrogen and oxygen atoms in total. The first-order chi connectivity index (χ1) is 4.75. The summed E-state index contributed by atoms with van der Waals surface area (Å²) in [6, 6.07) is -0.783. The van der Waals surface area contributed by atoms with Gasteiger partial charge in [-0.05, 0) is 19.3 Å². The van der Waals surface area contributed by atoms with Crippen molar-refractivity contribution in [2.45, 2.75) is 25.3 Å². The fourth-order valence-corrected chi connectivity index (χ4v) is 0.918. The van der Waals surface area contributed by atoms with Gasteiger partial charge in [-0.15, -0.1) is 4.91 Å². The van der Waals surface area contributed by atoms with Gasteiger partial charge in [-0.3, -0.25) is 0 Å². The summed E-state index contributed by atoms with van der Waals surface area (Å²) < 4.78 is 0. The fraction of sp³-hybridized carbons (Fsp3) is 0.800. The van der Waals surface area contributed by atoms with E-state index in [-0.39, 0.29) is 6.04 Å². The summed E-state index contributed by atoms with van der Waals surface area (Å²) in [5.41, 5.74) is 4.85. The molecule has 10 heavy (non-hydrogen) atoms. The molecule has 1 fully saturated rings. The largest absolute Gasteiger partial charge is 0.350 e. The van der Waals surface area contributed by atoms with Crippen LogP contribution >= 0.6 is 0 Å². The SMILES string of the molecule is NC(=O)N(N=O)C1CCC1. The number of urea groups is 1. The van der Waals surface area contributed by atoms with Crippen molar-refractivity contribution < 1.29 is 4.79 Å². The maximum Gasteiger partial charge on any atom is 0.338 e. The Kier molecular flexibility index (Phi) is 1.84. The van der Waals surface area contributed by atoms with Crippen molar-refractivity contribution in [2.24, 2.45) is 11.0 Å². The molecule has 0 aromatic rings. The number of carbonyl (C=O) groups excluding carboxylic acids is 1. The van der Waals surface area contributed by atoms with Crippen molar-refractivity contribution in [3.63, 3.8) is 0 Å². The quantitative estimate of drug-likeness (QED) is 0.454. The van der Waals surface area contributed by atoms with E-state index in [9.17, 15) is 9.70 Å². The monoisotopic (exact) mass is 143 g/mol. The molecule has 0 radical (unpaired) electrons. The van der Waals surface area contributed by atoms with Crippen LogP contribution in [-0.2, 0) is 0 Å². The van der Waals surface area contributed by atoms with Gasteiger partial charge in [0.05, 0.1) is 11.3 Å². The normalized spacial score (nSPS) is 17.6. The third kappa shape index (κ3) is 1.07. The standard InChI is InChI=1S/C5H9N3O2/c6-5(9)8(7-10)4-2-1-3-4/h4H,1-3H2,(H2,6,9). The molecule has 1 saturated carbocycles. The van der Waals surface area contributed by atoms with Gasteiger partial charge in [-0.2, -0.15) is 5.01 Å². The van der Waals surface area contributed by atoms with Gasteiger partial charge in [0.25, 0.3) is 0 Å². The van der Waals surface area contributed by atoms with Crippen LogP contribution < -0.4 is 5.73 Å². The van der Waals surface area contributed by atoms with E-state index in [1.165, 1.54) is 0 Å². The Labute approximate surface area is 58.1 Å². The molecule has 0 saturated heterocycles. The molecule has 0 unspecified atom stereocenters. The minimum absolute atomic E-state index is 0.0324. The highest BCUT2D eigenvalue weighted by atomic mass is 16.3. The van der Waals surface area contributed by atoms with E-state index in [2.05, 4.69) is 5.29 Å². The van der Waals surface area contributed by atoms with E-state index in [1.807, 2.05) is 0 Å². The highest BCUT2D eigenvalue weighted by molar-refractivity contribution is 5.72. The molecule has 2 N–H and O–H groups in total. The molecule has 1 aliphatic rings. The van der Waals surface area contributed by atoms with Gasteiger partial charge in [0.15, 0.2) is 0 Å². The van der Waals surface area contributed by atoms with Gasteiger partial charge in [0.1, 0.15) is 0 Å². The van der Waals surface area contributed by atoms with Gasteiger partial charge in [0, 0.05) is 0 Å². The summed E-state index contributed by atoms with van der Waals surface area (Å²) in [6.07, 6.45) is 2.73. The van der Waals surface area contributed by atoms with Crippen LogP contribution in [-0.4, -0.2) is 17.1 Å². The first kappa shape index (κ1) is 6.98. The third-order valence-electron chi connectivity index (χ3n) is 1.73. The van der Waals surface area contributed by atoms with Crippen molar-refractivity contribution in [3.05, 3.63) is 4.91 Å². The average molecular weight is 143 g/mol. The lowest BCUT2D eigenvalue weighted by Gasteiger charge is -2.29. The minimum atomic E-state index is -0.750. The Hall–Kier alpha value is -1.13. The smallest absolute Gasteiger partial charge is 0.338 e. The molecule has 0 heterocycles. The zero-order chi connectivity index (χ0) is 7.56. The molecule has 0 spiro atoms. The molecule has 1 rings (SSSR count). The van der Waals surface area contributed by atoms with Crippen LogP contribution in [0.2, 0.25) is 0 Å². The zero-order valence-corrected chi connectivity index (χ0v) is 5.49. The van der Waals surface area contributed by atoms with E-state index in [4.69, 9.17) is 5.73 Å². The lowest BCUT2D eigenvalue weighted by atomic mass is 9.93. The molecule has 0 atom stereocenters.